The van der Waals surface area contributed by atoms with E-state index in [4.69, 9.17) is 14.4 Å². The molecule has 0 saturated heterocycles. The maximum atomic E-state index is 6.33. The monoisotopic (exact) mass is 722 g/mol. The Morgan fingerprint density at radius 2 is 1.13 bits per heavy atom. The zero-order valence-corrected chi connectivity index (χ0v) is 31.1. The Labute approximate surface area is 318 Å². The lowest BCUT2D eigenvalue weighted by Crippen LogP contribution is -2.74. The van der Waals surface area contributed by atoms with Crippen LogP contribution in [0.5, 0.6) is 0 Å². The summed E-state index contributed by atoms with van der Waals surface area (Å²) in [4.78, 5) is 10.3. The average Bonchev–Trinajstić information content (AvgIpc) is 3.91. The number of rotatable bonds is 6. The first kappa shape index (κ1) is 31.5. The van der Waals surface area contributed by atoms with Crippen molar-refractivity contribution in [1.82, 2.24) is 19.1 Å². The van der Waals surface area contributed by atoms with E-state index in [-0.39, 0.29) is 0 Å². The SMILES string of the molecule is Cn1c(-c2cccc([Si](c3ccccc3)(c3ccccc3)c3cccc(-n4c5ccccc5c5c6c(cnc54)oc4ccccc46)c3)c2)nc2ccccc21. The fourth-order valence-corrected chi connectivity index (χ4v) is 13.8. The van der Waals surface area contributed by atoms with Crippen molar-refractivity contribution in [3.05, 3.63) is 188 Å². The van der Waals surface area contributed by atoms with Crippen molar-refractivity contribution < 1.29 is 4.42 Å². The molecule has 0 spiro atoms. The fourth-order valence-electron chi connectivity index (χ4n) is 8.94. The highest BCUT2D eigenvalue weighted by Crippen LogP contribution is 2.40. The number of hydrogen-bond donors (Lipinski definition) is 0. The van der Waals surface area contributed by atoms with Gasteiger partial charge in [-0.15, -0.1) is 0 Å². The van der Waals surface area contributed by atoms with Crippen molar-refractivity contribution >= 4 is 83.7 Å². The summed E-state index contributed by atoms with van der Waals surface area (Å²) in [7, 11) is -0.844. The molecule has 0 radical (unpaired) electrons. The van der Waals surface area contributed by atoms with Gasteiger partial charge in [0, 0.05) is 39.8 Å². The number of imidazole rings is 1. The maximum absolute atomic E-state index is 6.33. The lowest BCUT2D eigenvalue weighted by atomic mass is 10.1. The summed E-state index contributed by atoms with van der Waals surface area (Å²) in [5, 5.41) is 9.65. The van der Waals surface area contributed by atoms with Gasteiger partial charge in [-0.25, -0.2) is 9.97 Å². The molecular formula is C49H34N4OSi. The van der Waals surface area contributed by atoms with Crippen molar-refractivity contribution in [2.75, 3.05) is 0 Å². The predicted octanol–water partition coefficient (Wildman–Crippen LogP) is 9.01. The van der Waals surface area contributed by atoms with Crippen LogP contribution < -0.4 is 20.7 Å². The number of pyridine rings is 1. The number of fused-ring (bicyclic) bond motifs is 8. The molecule has 0 bridgehead atoms. The van der Waals surface area contributed by atoms with Gasteiger partial charge in [-0.2, -0.15) is 0 Å². The van der Waals surface area contributed by atoms with E-state index in [0.29, 0.717) is 0 Å². The Morgan fingerprint density at radius 3 is 1.89 bits per heavy atom. The molecule has 0 saturated carbocycles. The third-order valence-electron chi connectivity index (χ3n) is 11.3. The molecule has 0 amide bonds. The number of hydrogen-bond acceptors (Lipinski definition) is 3. The summed E-state index contributed by atoms with van der Waals surface area (Å²) in [5.74, 6) is 0.954. The van der Waals surface area contributed by atoms with Crippen molar-refractivity contribution in [2.45, 2.75) is 0 Å². The lowest BCUT2D eigenvalue weighted by molar-refractivity contribution is 0.667. The van der Waals surface area contributed by atoms with Crippen LogP contribution in [0.2, 0.25) is 0 Å². The molecule has 11 aromatic rings. The molecule has 0 aliphatic carbocycles. The van der Waals surface area contributed by atoms with Gasteiger partial charge in [-0.05, 0) is 57.1 Å². The molecule has 6 heteroatoms. The van der Waals surface area contributed by atoms with Crippen LogP contribution in [0, 0.1) is 0 Å². The number of aryl methyl sites for hydroxylation is 1. The second-order valence-electron chi connectivity index (χ2n) is 14.2. The van der Waals surface area contributed by atoms with Crippen molar-refractivity contribution in [3.63, 3.8) is 0 Å². The average molecular weight is 723 g/mol. The number of nitrogens with zero attached hydrogens (tertiary/aromatic N) is 4. The van der Waals surface area contributed by atoms with Crippen LogP contribution in [0.1, 0.15) is 0 Å². The van der Waals surface area contributed by atoms with E-state index in [1.54, 1.807) is 0 Å². The predicted molar refractivity (Wildman–Crippen MR) is 229 cm³/mol. The third-order valence-corrected chi connectivity index (χ3v) is 16.1. The molecule has 4 heterocycles. The minimum Gasteiger partial charge on any atom is -0.454 e. The summed E-state index contributed by atoms with van der Waals surface area (Å²) in [5.41, 5.74) is 7.96. The van der Waals surface area contributed by atoms with E-state index in [1.807, 2.05) is 18.3 Å². The van der Waals surface area contributed by atoms with Gasteiger partial charge < -0.3 is 8.98 Å². The smallest absolute Gasteiger partial charge is 0.179 e. The van der Waals surface area contributed by atoms with Crippen LogP contribution in [0.4, 0.5) is 0 Å². The quantitative estimate of drug-likeness (QED) is 0.127. The number of para-hydroxylation sites is 4. The number of furan rings is 1. The molecule has 11 rings (SSSR count). The first-order chi connectivity index (χ1) is 27.2. The zero-order valence-electron chi connectivity index (χ0n) is 30.1. The minimum atomic E-state index is -2.95. The summed E-state index contributed by atoms with van der Waals surface area (Å²) in [6.45, 7) is 0. The summed E-state index contributed by atoms with van der Waals surface area (Å²) in [6.07, 6.45) is 1.89. The highest BCUT2D eigenvalue weighted by Gasteiger charge is 2.42. The van der Waals surface area contributed by atoms with Gasteiger partial charge in [0.05, 0.1) is 22.7 Å². The second kappa shape index (κ2) is 12.3. The number of aromatic nitrogens is 4. The largest absolute Gasteiger partial charge is 0.454 e. The lowest BCUT2D eigenvalue weighted by Gasteiger charge is -2.35. The van der Waals surface area contributed by atoms with Gasteiger partial charge in [0.1, 0.15) is 17.1 Å². The Bertz CT molecular complexity index is 3190. The Morgan fingerprint density at radius 1 is 0.509 bits per heavy atom. The Hall–Kier alpha value is -7.02. The first-order valence-corrected chi connectivity index (χ1v) is 20.6. The van der Waals surface area contributed by atoms with Crippen molar-refractivity contribution in [2.24, 2.45) is 7.05 Å². The van der Waals surface area contributed by atoms with Gasteiger partial charge in [0.15, 0.2) is 13.7 Å². The highest BCUT2D eigenvalue weighted by atomic mass is 28.3. The molecule has 55 heavy (non-hydrogen) atoms. The van der Waals surface area contributed by atoms with E-state index in [9.17, 15) is 0 Å². The molecule has 0 N–H and O–H groups in total. The molecule has 0 aliphatic heterocycles. The molecule has 0 atom stereocenters. The van der Waals surface area contributed by atoms with E-state index >= 15 is 0 Å². The minimum absolute atomic E-state index is 0.797. The van der Waals surface area contributed by atoms with Gasteiger partial charge in [-0.3, -0.25) is 4.57 Å². The topological polar surface area (TPSA) is 48.8 Å². The normalized spacial score (nSPS) is 12.1. The molecule has 0 unspecified atom stereocenters. The van der Waals surface area contributed by atoms with Crippen LogP contribution >= 0.6 is 0 Å². The molecular weight excluding hydrogens is 689 g/mol. The van der Waals surface area contributed by atoms with E-state index in [1.165, 1.54) is 20.7 Å². The zero-order chi connectivity index (χ0) is 36.5. The van der Waals surface area contributed by atoms with E-state index < -0.39 is 8.07 Å². The van der Waals surface area contributed by atoms with E-state index in [2.05, 4.69) is 186 Å². The highest BCUT2D eigenvalue weighted by molar-refractivity contribution is 7.20. The number of benzene rings is 7. The maximum Gasteiger partial charge on any atom is 0.179 e. The van der Waals surface area contributed by atoms with Crippen LogP contribution in [0.15, 0.2) is 193 Å². The van der Waals surface area contributed by atoms with Crippen molar-refractivity contribution in [3.8, 4) is 17.1 Å². The fraction of sp³-hybridized carbons (Fsp3) is 0.0204. The molecule has 0 aliphatic rings. The first-order valence-electron chi connectivity index (χ1n) is 18.6. The summed E-state index contributed by atoms with van der Waals surface area (Å²) in [6, 6.07) is 65.8. The standard InChI is InChI=1S/C49H34N4OSi/c1-52-43-28-12-10-26-41(43)51-48(52)33-16-14-22-37(30-33)55(35-18-4-2-5-19-35,36-20-6-3-7-21-36)38-23-15-17-34(31-38)53-42-27-11-8-24-39(42)47-46-40-25-9-13-29-44(40)54-45(46)32-50-49(47)53/h2-32H,1H3. The summed E-state index contributed by atoms with van der Waals surface area (Å²) >= 11 is 0. The molecule has 0 fully saturated rings. The molecule has 7 aromatic carbocycles. The summed E-state index contributed by atoms with van der Waals surface area (Å²) < 4.78 is 10.9. The van der Waals surface area contributed by atoms with Gasteiger partial charge in [0.25, 0.3) is 0 Å². The van der Waals surface area contributed by atoms with Crippen LogP contribution in [-0.2, 0) is 7.05 Å². The van der Waals surface area contributed by atoms with Gasteiger partial charge >= 0.3 is 0 Å². The Kier molecular flexibility index (Phi) is 7.02. The van der Waals surface area contributed by atoms with Crippen LogP contribution in [0.3, 0.4) is 0 Å². The molecule has 5 nitrogen and oxygen atoms in total. The van der Waals surface area contributed by atoms with Crippen LogP contribution in [0.25, 0.3) is 72.0 Å². The third kappa shape index (κ3) is 4.65. The van der Waals surface area contributed by atoms with Crippen molar-refractivity contribution in [1.29, 1.82) is 0 Å². The van der Waals surface area contributed by atoms with E-state index in [0.717, 1.165) is 72.0 Å². The van der Waals surface area contributed by atoms with Gasteiger partial charge in [0.2, 0.25) is 0 Å². The van der Waals surface area contributed by atoms with Crippen LogP contribution in [-0.4, -0.2) is 27.2 Å². The van der Waals surface area contributed by atoms with Gasteiger partial charge in [-0.1, -0.05) is 146 Å². The second-order valence-corrected chi connectivity index (χ2v) is 18.1. The molecule has 260 valence electrons. The Balaban J connectivity index is 1.20. The molecule has 4 aromatic heterocycles.